The van der Waals surface area contributed by atoms with Gasteiger partial charge in [0.05, 0.1) is 17.8 Å². The second-order valence-electron chi connectivity index (χ2n) is 8.05. The lowest BCUT2D eigenvalue weighted by Crippen LogP contribution is -2.36. The second-order valence-corrected chi connectivity index (χ2v) is 9.14. The summed E-state index contributed by atoms with van der Waals surface area (Å²) < 4.78 is 38.0. The van der Waals surface area contributed by atoms with Gasteiger partial charge < -0.3 is 10.6 Å². The van der Waals surface area contributed by atoms with Crippen LogP contribution >= 0.6 is 11.3 Å². The number of nitrogens with zero attached hydrogens (tertiary/aromatic N) is 2. The number of anilines is 2. The van der Waals surface area contributed by atoms with Crippen LogP contribution in [-0.4, -0.2) is 41.0 Å². The number of amides is 3. The molecule has 2 aliphatic rings. The molecule has 32 heavy (non-hydrogen) atoms. The molecule has 4 rings (SSSR count). The molecule has 2 heterocycles. The molecular weight excluding hydrogens is 443 g/mol. The minimum Gasteiger partial charge on any atom is -0.335 e. The van der Waals surface area contributed by atoms with Crippen molar-refractivity contribution in [1.82, 2.24) is 15.2 Å². The highest BCUT2D eigenvalue weighted by atomic mass is 32.1. The highest BCUT2D eigenvalue weighted by molar-refractivity contribution is 7.15. The van der Waals surface area contributed by atoms with Crippen molar-refractivity contribution >= 4 is 34.1 Å². The van der Waals surface area contributed by atoms with Crippen molar-refractivity contribution < 1.29 is 22.8 Å². The number of urea groups is 1. The zero-order chi connectivity index (χ0) is 22.7. The number of carbonyl (C=O) groups is 2. The van der Waals surface area contributed by atoms with E-state index in [9.17, 15) is 22.8 Å². The Balaban J connectivity index is 1.27. The average molecular weight is 468 g/mol. The number of hydrogen-bond acceptors (Lipinski definition) is 5. The van der Waals surface area contributed by atoms with Crippen LogP contribution in [-0.2, 0) is 23.9 Å². The summed E-state index contributed by atoms with van der Waals surface area (Å²) in [7, 11) is 0. The minimum absolute atomic E-state index is 0.114. The number of halogens is 3. The van der Waals surface area contributed by atoms with Crippen LogP contribution in [0.15, 0.2) is 24.3 Å². The topological polar surface area (TPSA) is 86.4 Å². The van der Waals surface area contributed by atoms with E-state index in [4.69, 9.17) is 0 Å². The maximum Gasteiger partial charge on any atom is 0.416 e. The average Bonchev–Trinajstić information content (AvgIpc) is 3.36. The quantitative estimate of drug-likeness (QED) is 0.615. The monoisotopic (exact) mass is 467 g/mol. The molecule has 0 unspecified atom stereocenters. The summed E-state index contributed by atoms with van der Waals surface area (Å²) in [4.78, 5) is 31.9. The van der Waals surface area contributed by atoms with E-state index in [-0.39, 0.29) is 24.5 Å². The van der Waals surface area contributed by atoms with Crippen molar-refractivity contribution in [2.45, 2.75) is 50.9 Å². The first-order valence-electron chi connectivity index (χ1n) is 10.5. The standard InChI is InChI=1S/C21H24F3N5O2S/c22-21(23,24)13-5-7-15(8-6-13)25-18(30)12-29-10-9-16-17(11-29)32-20(27-16)28-19(31)26-14-3-1-2-4-14/h5-8,14H,1-4,9-12H2,(H,25,30)(H2,26,27,28,31). The van der Waals surface area contributed by atoms with Gasteiger partial charge in [0.25, 0.3) is 0 Å². The van der Waals surface area contributed by atoms with E-state index in [1.165, 1.54) is 23.5 Å². The molecule has 3 N–H and O–H groups in total. The van der Waals surface area contributed by atoms with Gasteiger partial charge in [-0.05, 0) is 37.1 Å². The summed E-state index contributed by atoms with van der Waals surface area (Å²) in [5, 5.41) is 8.95. The lowest BCUT2D eigenvalue weighted by atomic mass is 10.2. The van der Waals surface area contributed by atoms with E-state index in [2.05, 4.69) is 20.9 Å². The Morgan fingerprint density at radius 2 is 1.84 bits per heavy atom. The van der Waals surface area contributed by atoms with Crippen molar-refractivity contribution in [2.24, 2.45) is 0 Å². The molecule has 3 amide bonds. The van der Waals surface area contributed by atoms with E-state index in [1.807, 2.05) is 4.90 Å². The molecule has 1 saturated carbocycles. The number of hydrogen-bond donors (Lipinski definition) is 3. The number of alkyl halides is 3. The van der Waals surface area contributed by atoms with E-state index < -0.39 is 11.7 Å². The maximum absolute atomic E-state index is 12.7. The molecule has 11 heteroatoms. The Morgan fingerprint density at radius 3 is 2.53 bits per heavy atom. The number of aromatic nitrogens is 1. The van der Waals surface area contributed by atoms with Gasteiger partial charge in [-0.3, -0.25) is 15.0 Å². The first-order chi connectivity index (χ1) is 15.3. The normalized spacial score (nSPS) is 17.1. The van der Waals surface area contributed by atoms with Gasteiger partial charge in [-0.1, -0.05) is 12.8 Å². The smallest absolute Gasteiger partial charge is 0.335 e. The molecular formula is C21H24F3N5O2S. The lowest BCUT2D eigenvalue weighted by Gasteiger charge is -2.25. The van der Waals surface area contributed by atoms with Crippen LogP contribution in [0.3, 0.4) is 0 Å². The molecule has 0 spiro atoms. The highest BCUT2D eigenvalue weighted by Gasteiger charge is 2.30. The molecule has 2 aromatic rings. The van der Waals surface area contributed by atoms with Gasteiger partial charge in [0.2, 0.25) is 5.91 Å². The summed E-state index contributed by atoms with van der Waals surface area (Å²) in [5.74, 6) is -0.299. The molecule has 0 saturated heterocycles. The van der Waals surface area contributed by atoms with Gasteiger partial charge in [-0.25, -0.2) is 9.78 Å². The summed E-state index contributed by atoms with van der Waals surface area (Å²) in [6, 6.07) is 4.35. The van der Waals surface area contributed by atoms with E-state index in [1.54, 1.807) is 0 Å². The molecule has 1 aliphatic heterocycles. The van der Waals surface area contributed by atoms with Gasteiger partial charge in [-0.2, -0.15) is 13.2 Å². The zero-order valence-corrected chi connectivity index (χ0v) is 18.1. The third kappa shape index (κ3) is 5.77. The van der Waals surface area contributed by atoms with Crippen LogP contribution in [0.4, 0.5) is 28.8 Å². The van der Waals surface area contributed by atoms with Crippen molar-refractivity contribution in [3.05, 3.63) is 40.4 Å². The number of fused-ring (bicyclic) bond motifs is 1. The number of thiazole rings is 1. The molecule has 0 atom stereocenters. The van der Waals surface area contributed by atoms with Crippen LogP contribution in [0.5, 0.6) is 0 Å². The molecule has 0 bridgehead atoms. The number of rotatable bonds is 5. The SMILES string of the molecule is O=C(CN1CCc2nc(NC(=O)NC3CCCC3)sc2C1)Nc1ccc(C(F)(F)F)cc1. The highest BCUT2D eigenvalue weighted by Crippen LogP contribution is 2.30. The fourth-order valence-corrected chi connectivity index (χ4v) is 5.02. The van der Waals surface area contributed by atoms with Crippen LogP contribution in [0.1, 0.15) is 41.8 Å². The molecule has 1 aliphatic carbocycles. The zero-order valence-electron chi connectivity index (χ0n) is 17.3. The van der Waals surface area contributed by atoms with E-state index in [0.29, 0.717) is 30.3 Å². The summed E-state index contributed by atoms with van der Waals surface area (Å²) in [5.41, 5.74) is 0.481. The van der Waals surface area contributed by atoms with Gasteiger partial charge in [0.1, 0.15) is 0 Å². The molecule has 172 valence electrons. The number of nitrogens with one attached hydrogen (secondary N) is 3. The third-order valence-corrected chi connectivity index (χ3v) is 6.58. The van der Waals surface area contributed by atoms with E-state index >= 15 is 0 Å². The van der Waals surface area contributed by atoms with Crippen molar-refractivity contribution in [1.29, 1.82) is 0 Å². The lowest BCUT2D eigenvalue weighted by molar-refractivity contribution is -0.137. The van der Waals surface area contributed by atoms with Crippen LogP contribution < -0.4 is 16.0 Å². The molecule has 1 aromatic carbocycles. The Hall–Kier alpha value is -2.66. The first kappa shape index (κ1) is 22.5. The van der Waals surface area contributed by atoms with Gasteiger partial charge >= 0.3 is 12.2 Å². The van der Waals surface area contributed by atoms with Crippen LogP contribution in [0.25, 0.3) is 0 Å². The summed E-state index contributed by atoms with van der Waals surface area (Å²) in [6.07, 6.45) is 0.535. The largest absolute Gasteiger partial charge is 0.416 e. The Morgan fingerprint density at radius 1 is 1.12 bits per heavy atom. The predicted octanol–water partition coefficient (Wildman–Crippen LogP) is 4.22. The number of carbonyl (C=O) groups excluding carboxylic acids is 2. The van der Waals surface area contributed by atoms with Crippen molar-refractivity contribution in [3.63, 3.8) is 0 Å². The summed E-state index contributed by atoms with van der Waals surface area (Å²) >= 11 is 1.40. The van der Waals surface area contributed by atoms with Crippen molar-refractivity contribution in [2.75, 3.05) is 23.7 Å². The van der Waals surface area contributed by atoms with Gasteiger partial charge in [0, 0.05) is 36.1 Å². The first-order valence-corrected chi connectivity index (χ1v) is 11.3. The second kappa shape index (κ2) is 9.45. The summed E-state index contributed by atoms with van der Waals surface area (Å²) in [6.45, 7) is 1.27. The molecule has 1 aromatic heterocycles. The molecule has 0 radical (unpaired) electrons. The van der Waals surface area contributed by atoms with Crippen LogP contribution in [0.2, 0.25) is 0 Å². The van der Waals surface area contributed by atoms with Gasteiger partial charge in [0.15, 0.2) is 5.13 Å². The number of benzene rings is 1. The van der Waals surface area contributed by atoms with Gasteiger partial charge in [-0.15, -0.1) is 11.3 Å². The third-order valence-electron chi connectivity index (χ3n) is 5.58. The van der Waals surface area contributed by atoms with Crippen LogP contribution in [0, 0.1) is 0 Å². The van der Waals surface area contributed by atoms with Crippen molar-refractivity contribution in [3.8, 4) is 0 Å². The fraction of sp³-hybridized carbons (Fsp3) is 0.476. The van der Waals surface area contributed by atoms with E-state index in [0.717, 1.165) is 48.4 Å². The fourth-order valence-electron chi connectivity index (χ4n) is 3.97. The maximum atomic E-state index is 12.7. The Labute approximate surface area is 187 Å². The molecule has 1 fully saturated rings. The Kier molecular flexibility index (Phi) is 6.66. The minimum atomic E-state index is -4.41. The molecule has 7 nitrogen and oxygen atoms in total. The predicted molar refractivity (Wildman–Crippen MR) is 116 cm³/mol. The Bertz CT molecular complexity index is 971.